The van der Waals surface area contributed by atoms with Gasteiger partial charge < -0.3 is 14.1 Å². The number of nitrogens with zero attached hydrogens (tertiary/aromatic N) is 3. The number of fused-ring (bicyclic) bond motifs is 9. The maximum absolute atomic E-state index is 4.35. The molecule has 5 aromatic carbocycles. The Balaban J connectivity index is 1.16. The summed E-state index contributed by atoms with van der Waals surface area (Å²) in [6, 6.07) is 44.9. The number of allylic oxidation sites excluding steroid dienone is 1. The van der Waals surface area contributed by atoms with Crippen molar-refractivity contribution in [3.05, 3.63) is 174 Å². The molecule has 9 aromatic rings. The summed E-state index contributed by atoms with van der Waals surface area (Å²) in [5.74, 6) is 0. The summed E-state index contributed by atoms with van der Waals surface area (Å²) < 4.78 is 4.93. The molecule has 2 aliphatic carbocycles. The SMILES string of the molecule is C1=C(c2ccccc2)CCc2c1c1cc3c(cc1n2-c1cc[nH]c1)-c1cc2c(cc1CC3)c1cc(-c3ccccc3)ccc1n2-c1ccncc1. The number of nitrogens with one attached hydrogen (secondary N) is 1. The zero-order valence-electron chi connectivity index (χ0n) is 28.1. The molecular formula is C47H34N4. The van der Waals surface area contributed by atoms with Gasteiger partial charge in [-0.1, -0.05) is 66.7 Å². The highest BCUT2D eigenvalue weighted by atomic mass is 15.0. The molecule has 4 aromatic heterocycles. The maximum atomic E-state index is 4.35. The molecule has 0 radical (unpaired) electrons. The molecule has 0 saturated heterocycles. The van der Waals surface area contributed by atoms with Gasteiger partial charge >= 0.3 is 0 Å². The van der Waals surface area contributed by atoms with Gasteiger partial charge in [-0.3, -0.25) is 4.98 Å². The number of pyridine rings is 1. The molecule has 51 heavy (non-hydrogen) atoms. The standard InChI is InChI=1S/C47H34N4/c1-3-7-30(8-4-1)32-13-15-44-40(23-32)42-25-34-11-12-35-26-43-41-24-33(31-9-5-2-6-10-31)14-16-45(41)51(37-19-22-49-29-37)47(43)28-39(35)38(34)27-46(42)50(44)36-17-20-48-21-18-36/h1-10,13,15,17-29,49H,11-12,14,16H2. The van der Waals surface area contributed by atoms with Gasteiger partial charge in [-0.05, 0) is 131 Å². The molecule has 0 amide bonds. The van der Waals surface area contributed by atoms with Gasteiger partial charge in [0, 0.05) is 57.9 Å². The van der Waals surface area contributed by atoms with E-state index in [1.165, 1.54) is 94.2 Å². The summed E-state index contributed by atoms with van der Waals surface area (Å²) in [5.41, 5.74) is 19.5. The van der Waals surface area contributed by atoms with Gasteiger partial charge in [0.25, 0.3) is 0 Å². The Morgan fingerprint density at radius 3 is 1.92 bits per heavy atom. The van der Waals surface area contributed by atoms with Crippen LogP contribution in [0.3, 0.4) is 0 Å². The molecule has 0 spiro atoms. The van der Waals surface area contributed by atoms with E-state index in [0.717, 1.165) is 31.4 Å². The van der Waals surface area contributed by atoms with Gasteiger partial charge in [-0.2, -0.15) is 0 Å². The quantitative estimate of drug-likeness (QED) is 0.201. The van der Waals surface area contributed by atoms with E-state index >= 15 is 0 Å². The van der Waals surface area contributed by atoms with Crippen molar-refractivity contribution in [2.24, 2.45) is 0 Å². The van der Waals surface area contributed by atoms with Gasteiger partial charge in [0.1, 0.15) is 0 Å². The number of H-pyrrole nitrogens is 1. The van der Waals surface area contributed by atoms with Gasteiger partial charge in [0.2, 0.25) is 0 Å². The van der Waals surface area contributed by atoms with Crippen molar-refractivity contribution in [1.82, 2.24) is 19.1 Å². The molecule has 0 aliphatic heterocycles. The van der Waals surface area contributed by atoms with Crippen molar-refractivity contribution in [2.45, 2.75) is 25.7 Å². The average molecular weight is 655 g/mol. The van der Waals surface area contributed by atoms with Crippen LogP contribution in [0.5, 0.6) is 0 Å². The smallest absolute Gasteiger partial charge is 0.0633 e. The monoisotopic (exact) mass is 654 g/mol. The van der Waals surface area contributed by atoms with E-state index in [2.05, 4.69) is 153 Å². The van der Waals surface area contributed by atoms with Crippen LogP contribution >= 0.6 is 0 Å². The van der Waals surface area contributed by atoms with Crippen LogP contribution in [0.4, 0.5) is 0 Å². The molecule has 2 aliphatic rings. The first-order valence-corrected chi connectivity index (χ1v) is 18.0. The van der Waals surface area contributed by atoms with E-state index in [-0.39, 0.29) is 0 Å². The molecule has 4 heteroatoms. The molecule has 0 bridgehead atoms. The number of aromatic amines is 1. The first-order chi connectivity index (χ1) is 25.3. The van der Waals surface area contributed by atoms with Crippen molar-refractivity contribution >= 4 is 44.4 Å². The highest BCUT2D eigenvalue weighted by Gasteiger charge is 2.26. The lowest BCUT2D eigenvalue weighted by Gasteiger charge is -2.21. The van der Waals surface area contributed by atoms with E-state index in [0.29, 0.717) is 0 Å². The van der Waals surface area contributed by atoms with Crippen LogP contribution in [0.25, 0.3) is 78.0 Å². The number of benzene rings is 5. The van der Waals surface area contributed by atoms with Gasteiger partial charge in [-0.25, -0.2) is 0 Å². The third kappa shape index (κ3) is 4.36. The summed E-state index contributed by atoms with van der Waals surface area (Å²) in [5, 5.41) is 3.93. The lowest BCUT2D eigenvalue weighted by Crippen LogP contribution is -2.05. The Morgan fingerprint density at radius 2 is 1.20 bits per heavy atom. The van der Waals surface area contributed by atoms with Crippen molar-refractivity contribution < 1.29 is 0 Å². The summed E-state index contributed by atoms with van der Waals surface area (Å²) >= 11 is 0. The predicted octanol–water partition coefficient (Wildman–Crippen LogP) is 11.4. The van der Waals surface area contributed by atoms with Crippen LogP contribution in [0.2, 0.25) is 0 Å². The van der Waals surface area contributed by atoms with E-state index in [1.807, 2.05) is 18.6 Å². The van der Waals surface area contributed by atoms with Crippen molar-refractivity contribution in [2.75, 3.05) is 0 Å². The fourth-order valence-electron chi connectivity index (χ4n) is 8.87. The topological polar surface area (TPSA) is 38.5 Å². The molecule has 4 heterocycles. The van der Waals surface area contributed by atoms with Crippen LogP contribution < -0.4 is 0 Å². The van der Waals surface area contributed by atoms with Crippen LogP contribution in [0.1, 0.15) is 34.4 Å². The highest BCUT2D eigenvalue weighted by molar-refractivity contribution is 6.12. The minimum atomic E-state index is 1.01. The van der Waals surface area contributed by atoms with E-state index in [1.54, 1.807) is 0 Å². The summed E-state index contributed by atoms with van der Waals surface area (Å²) in [6.45, 7) is 0. The second kappa shape index (κ2) is 11.1. The van der Waals surface area contributed by atoms with Gasteiger partial charge in [0.05, 0.1) is 22.2 Å². The fourth-order valence-corrected chi connectivity index (χ4v) is 8.87. The first-order valence-electron chi connectivity index (χ1n) is 18.0. The number of aromatic nitrogens is 4. The van der Waals surface area contributed by atoms with Gasteiger partial charge in [-0.15, -0.1) is 0 Å². The normalized spacial score (nSPS) is 13.7. The molecule has 242 valence electrons. The molecule has 11 rings (SSSR count). The minimum absolute atomic E-state index is 1.01. The Kier molecular flexibility index (Phi) is 6.17. The third-order valence-electron chi connectivity index (χ3n) is 11.2. The Bertz CT molecular complexity index is 2820. The second-order valence-electron chi connectivity index (χ2n) is 14.0. The minimum Gasteiger partial charge on any atom is -0.366 e. The largest absolute Gasteiger partial charge is 0.366 e. The second-order valence-corrected chi connectivity index (χ2v) is 14.0. The number of rotatable bonds is 4. The number of hydrogen-bond acceptors (Lipinski definition) is 1. The molecule has 0 atom stereocenters. The Morgan fingerprint density at radius 1 is 0.510 bits per heavy atom. The highest BCUT2D eigenvalue weighted by Crippen LogP contribution is 2.45. The van der Waals surface area contributed by atoms with Crippen LogP contribution in [0.15, 0.2) is 146 Å². The zero-order valence-corrected chi connectivity index (χ0v) is 28.1. The lowest BCUT2D eigenvalue weighted by atomic mass is 9.83. The molecule has 4 nitrogen and oxygen atoms in total. The zero-order chi connectivity index (χ0) is 33.5. The molecule has 0 fully saturated rings. The first kappa shape index (κ1) is 28.4. The maximum Gasteiger partial charge on any atom is 0.0633 e. The van der Waals surface area contributed by atoms with Crippen molar-refractivity contribution in [3.63, 3.8) is 0 Å². The van der Waals surface area contributed by atoms with Crippen LogP contribution in [-0.4, -0.2) is 19.1 Å². The Hall–Kier alpha value is -6.39. The van der Waals surface area contributed by atoms with E-state index in [4.69, 9.17) is 0 Å². The third-order valence-corrected chi connectivity index (χ3v) is 11.2. The number of aryl methyl sites for hydroxylation is 2. The van der Waals surface area contributed by atoms with Gasteiger partial charge in [0.15, 0.2) is 0 Å². The Labute approximate surface area is 296 Å². The lowest BCUT2D eigenvalue weighted by molar-refractivity contribution is 0.898. The summed E-state index contributed by atoms with van der Waals surface area (Å²) in [7, 11) is 0. The molecule has 0 unspecified atom stereocenters. The van der Waals surface area contributed by atoms with E-state index < -0.39 is 0 Å². The van der Waals surface area contributed by atoms with Crippen LogP contribution in [-0.2, 0) is 19.3 Å². The number of hydrogen-bond donors (Lipinski definition) is 1. The summed E-state index contributed by atoms with van der Waals surface area (Å²) in [4.78, 5) is 7.68. The van der Waals surface area contributed by atoms with Crippen LogP contribution in [0, 0.1) is 0 Å². The van der Waals surface area contributed by atoms with E-state index in [9.17, 15) is 0 Å². The molecule has 1 N–H and O–H groups in total. The predicted molar refractivity (Wildman–Crippen MR) is 211 cm³/mol. The molecular weight excluding hydrogens is 621 g/mol. The average Bonchev–Trinajstić information content (AvgIpc) is 3.92. The van der Waals surface area contributed by atoms with Crippen molar-refractivity contribution in [3.8, 4) is 33.6 Å². The summed E-state index contributed by atoms with van der Waals surface area (Å²) in [6.07, 6.45) is 14.5. The molecule has 0 saturated carbocycles. The fraction of sp³-hybridized carbons (Fsp3) is 0.0851. The van der Waals surface area contributed by atoms with Crippen molar-refractivity contribution in [1.29, 1.82) is 0 Å².